The molecular formula is C28H30N6O2. The van der Waals surface area contributed by atoms with E-state index in [0.717, 1.165) is 74.2 Å². The summed E-state index contributed by atoms with van der Waals surface area (Å²) in [5.41, 5.74) is 2.38. The Bertz CT molecular complexity index is 1170. The lowest BCUT2D eigenvalue weighted by Gasteiger charge is -2.35. The lowest BCUT2D eigenvalue weighted by Crippen LogP contribution is -2.47. The first-order valence-electron chi connectivity index (χ1n) is 12.4. The lowest BCUT2D eigenvalue weighted by molar-refractivity contribution is 0.238. The van der Waals surface area contributed by atoms with Crippen molar-refractivity contribution in [3.05, 3.63) is 79.1 Å². The molecule has 0 atom stereocenters. The molecule has 1 fully saturated rings. The number of hydrogen-bond donors (Lipinski definition) is 1. The van der Waals surface area contributed by atoms with E-state index in [2.05, 4.69) is 19.8 Å². The number of phenolic OH excluding ortho intramolecular Hbond substituents is 1. The van der Waals surface area contributed by atoms with Crippen molar-refractivity contribution >= 4 is 5.82 Å². The second-order valence-corrected chi connectivity index (χ2v) is 8.74. The summed E-state index contributed by atoms with van der Waals surface area (Å²) < 4.78 is 5.76. The minimum atomic E-state index is 0.254. The number of benzene rings is 1. The standard InChI is InChI=1S/C28H30N6O2/c35-22-9-11-23(12-10-22)36-20-6-5-15-33-16-18-34(19-17-33)27-21-26(24-7-1-3-13-29-24)31-28(32-27)25-8-2-4-14-30-25/h1-4,7-14,21,35H,5-6,15-20H2. The first kappa shape index (κ1) is 23.7. The Balaban J connectivity index is 1.17. The van der Waals surface area contributed by atoms with Gasteiger partial charge in [-0.05, 0) is 67.9 Å². The van der Waals surface area contributed by atoms with Crippen LogP contribution >= 0.6 is 0 Å². The number of unbranched alkanes of at least 4 members (excludes halogenated alkanes) is 1. The molecule has 4 aromatic rings. The number of nitrogens with zero attached hydrogens (tertiary/aromatic N) is 6. The maximum atomic E-state index is 9.36. The number of anilines is 1. The molecule has 1 saturated heterocycles. The average Bonchev–Trinajstić information content (AvgIpc) is 2.95. The molecule has 4 heterocycles. The topological polar surface area (TPSA) is 87.5 Å². The number of rotatable bonds is 9. The van der Waals surface area contributed by atoms with Gasteiger partial charge in [0.05, 0.1) is 18.0 Å². The van der Waals surface area contributed by atoms with Crippen LogP contribution in [0.15, 0.2) is 79.1 Å². The summed E-state index contributed by atoms with van der Waals surface area (Å²) in [4.78, 5) is 23.4. The van der Waals surface area contributed by atoms with Crippen molar-refractivity contribution < 1.29 is 9.84 Å². The van der Waals surface area contributed by atoms with Crippen LogP contribution in [0.4, 0.5) is 5.82 Å². The number of hydrogen-bond acceptors (Lipinski definition) is 8. The van der Waals surface area contributed by atoms with E-state index in [1.165, 1.54) is 0 Å². The Morgan fingerprint density at radius 3 is 2.17 bits per heavy atom. The number of pyridine rings is 2. The van der Waals surface area contributed by atoms with Crippen molar-refractivity contribution in [3.8, 4) is 34.4 Å². The van der Waals surface area contributed by atoms with Crippen LogP contribution in [0.5, 0.6) is 11.5 Å². The van der Waals surface area contributed by atoms with Crippen molar-refractivity contribution in [2.75, 3.05) is 44.2 Å². The number of aromatic hydroxyl groups is 1. The summed E-state index contributed by atoms with van der Waals surface area (Å²) in [6.07, 6.45) is 5.62. The quantitative estimate of drug-likeness (QED) is 0.354. The number of ether oxygens (including phenoxy) is 1. The second kappa shape index (κ2) is 11.6. The minimum Gasteiger partial charge on any atom is -0.508 e. The fourth-order valence-electron chi connectivity index (χ4n) is 4.22. The Morgan fingerprint density at radius 2 is 1.47 bits per heavy atom. The molecule has 0 amide bonds. The first-order valence-corrected chi connectivity index (χ1v) is 12.4. The maximum Gasteiger partial charge on any atom is 0.180 e. The van der Waals surface area contributed by atoms with Crippen LogP contribution in [0.25, 0.3) is 22.9 Å². The van der Waals surface area contributed by atoms with Gasteiger partial charge in [-0.3, -0.25) is 14.9 Å². The Morgan fingerprint density at radius 1 is 0.750 bits per heavy atom. The van der Waals surface area contributed by atoms with Gasteiger partial charge in [-0.1, -0.05) is 12.1 Å². The van der Waals surface area contributed by atoms with E-state index < -0.39 is 0 Å². The van der Waals surface area contributed by atoms with Gasteiger partial charge in [-0.2, -0.15) is 0 Å². The van der Waals surface area contributed by atoms with Gasteiger partial charge in [0.1, 0.15) is 23.0 Å². The van der Waals surface area contributed by atoms with Crippen molar-refractivity contribution in [2.45, 2.75) is 12.8 Å². The highest BCUT2D eigenvalue weighted by molar-refractivity contribution is 5.64. The molecule has 184 valence electrons. The molecule has 0 aliphatic carbocycles. The molecule has 1 N–H and O–H groups in total. The average molecular weight is 483 g/mol. The molecule has 0 spiro atoms. The number of piperazine rings is 1. The van der Waals surface area contributed by atoms with E-state index in [4.69, 9.17) is 14.7 Å². The second-order valence-electron chi connectivity index (χ2n) is 8.74. The molecule has 3 aromatic heterocycles. The zero-order chi connectivity index (χ0) is 24.6. The van der Waals surface area contributed by atoms with Gasteiger partial charge in [0, 0.05) is 44.6 Å². The van der Waals surface area contributed by atoms with Crippen LogP contribution in [0.2, 0.25) is 0 Å². The van der Waals surface area contributed by atoms with Crippen LogP contribution in [0.1, 0.15) is 12.8 Å². The fourth-order valence-corrected chi connectivity index (χ4v) is 4.22. The first-order chi connectivity index (χ1) is 17.7. The number of phenols is 1. The van der Waals surface area contributed by atoms with Gasteiger partial charge < -0.3 is 14.7 Å². The predicted octanol–water partition coefficient (Wildman–Crippen LogP) is 4.29. The third-order valence-electron chi connectivity index (χ3n) is 6.20. The molecular weight excluding hydrogens is 452 g/mol. The van der Waals surface area contributed by atoms with Gasteiger partial charge >= 0.3 is 0 Å². The van der Waals surface area contributed by atoms with Gasteiger partial charge in [0.25, 0.3) is 0 Å². The van der Waals surface area contributed by atoms with Crippen LogP contribution < -0.4 is 9.64 Å². The molecule has 0 bridgehead atoms. The Kier molecular flexibility index (Phi) is 7.63. The van der Waals surface area contributed by atoms with E-state index in [0.29, 0.717) is 12.4 Å². The summed E-state index contributed by atoms with van der Waals surface area (Å²) in [6, 6.07) is 20.5. The summed E-state index contributed by atoms with van der Waals surface area (Å²) in [5.74, 6) is 2.57. The van der Waals surface area contributed by atoms with Gasteiger partial charge in [0.15, 0.2) is 5.82 Å². The van der Waals surface area contributed by atoms with Gasteiger partial charge in [0.2, 0.25) is 0 Å². The molecule has 36 heavy (non-hydrogen) atoms. The molecule has 5 rings (SSSR count). The highest BCUT2D eigenvalue weighted by Gasteiger charge is 2.20. The highest BCUT2D eigenvalue weighted by Crippen LogP contribution is 2.25. The predicted molar refractivity (Wildman–Crippen MR) is 140 cm³/mol. The van der Waals surface area contributed by atoms with E-state index in [-0.39, 0.29) is 5.75 Å². The Labute approximate surface area is 211 Å². The lowest BCUT2D eigenvalue weighted by atomic mass is 10.2. The summed E-state index contributed by atoms with van der Waals surface area (Å²) >= 11 is 0. The van der Waals surface area contributed by atoms with Crippen LogP contribution in [-0.2, 0) is 0 Å². The molecule has 1 aliphatic rings. The van der Waals surface area contributed by atoms with Crippen molar-refractivity contribution in [2.24, 2.45) is 0 Å². The fraction of sp³-hybridized carbons (Fsp3) is 0.286. The Hall–Kier alpha value is -4.04. The molecule has 8 heteroatoms. The van der Waals surface area contributed by atoms with E-state index in [1.54, 1.807) is 36.7 Å². The smallest absolute Gasteiger partial charge is 0.180 e. The summed E-state index contributed by atoms with van der Waals surface area (Å²) in [6.45, 7) is 5.52. The minimum absolute atomic E-state index is 0.254. The zero-order valence-corrected chi connectivity index (χ0v) is 20.2. The van der Waals surface area contributed by atoms with E-state index in [9.17, 15) is 5.11 Å². The molecule has 1 aliphatic heterocycles. The van der Waals surface area contributed by atoms with E-state index in [1.807, 2.05) is 42.5 Å². The molecule has 1 aromatic carbocycles. The third kappa shape index (κ3) is 6.14. The van der Waals surface area contributed by atoms with Crippen LogP contribution in [-0.4, -0.2) is 69.3 Å². The van der Waals surface area contributed by atoms with E-state index >= 15 is 0 Å². The molecule has 0 unspecified atom stereocenters. The van der Waals surface area contributed by atoms with Gasteiger partial charge in [-0.25, -0.2) is 9.97 Å². The van der Waals surface area contributed by atoms with Crippen molar-refractivity contribution in [1.29, 1.82) is 0 Å². The number of aromatic nitrogens is 4. The SMILES string of the molecule is Oc1ccc(OCCCCN2CCN(c3cc(-c4ccccn4)nc(-c4ccccn4)n3)CC2)cc1. The summed E-state index contributed by atoms with van der Waals surface area (Å²) in [7, 11) is 0. The normalized spacial score (nSPS) is 14.1. The zero-order valence-electron chi connectivity index (χ0n) is 20.2. The van der Waals surface area contributed by atoms with Crippen LogP contribution in [0, 0.1) is 0 Å². The molecule has 8 nitrogen and oxygen atoms in total. The van der Waals surface area contributed by atoms with Crippen molar-refractivity contribution in [1.82, 2.24) is 24.8 Å². The van der Waals surface area contributed by atoms with Crippen LogP contribution in [0.3, 0.4) is 0 Å². The molecule has 0 saturated carbocycles. The third-order valence-corrected chi connectivity index (χ3v) is 6.20. The largest absolute Gasteiger partial charge is 0.508 e. The summed E-state index contributed by atoms with van der Waals surface area (Å²) in [5, 5.41) is 9.36. The monoisotopic (exact) mass is 482 g/mol. The van der Waals surface area contributed by atoms with Gasteiger partial charge in [-0.15, -0.1) is 0 Å². The maximum absolute atomic E-state index is 9.36. The molecule has 0 radical (unpaired) electrons. The highest BCUT2D eigenvalue weighted by atomic mass is 16.5. The van der Waals surface area contributed by atoms with Crippen molar-refractivity contribution in [3.63, 3.8) is 0 Å².